The normalized spacial score (nSPS) is 32.2. The number of aliphatic hydroxyl groups is 1. The number of hydrogen-bond donors (Lipinski definition) is 1. The third kappa shape index (κ3) is 3.57. The molecular weight excluding hydrogens is 522 g/mol. The summed E-state index contributed by atoms with van der Waals surface area (Å²) in [6, 6.07) is 15.7. The SMILES string of the molecule is C[C@@]12C=CCN(c3ccccc3)C(=O)[C@@H]1[C@H]1C(=O)N(CCO)C3C(=O)N(c4ccccc4Cl)CC=C[C@@]31S2. The largest absolute Gasteiger partial charge is 0.395 e. The third-order valence-electron chi connectivity index (χ3n) is 8.11. The highest BCUT2D eigenvalue weighted by Crippen LogP contribution is 2.65. The van der Waals surface area contributed by atoms with E-state index in [-0.39, 0.29) is 37.4 Å². The maximum atomic E-state index is 14.3. The predicted octanol–water partition coefficient (Wildman–Crippen LogP) is 3.53. The molecule has 38 heavy (non-hydrogen) atoms. The standard InChI is InChI=1S/C29H28ClN3O4S/c1-28-13-7-15-31(19-9-3-2-4-10-19)25(35)22(28)23-26(36)33(17-18-34)24-27(37)32(16-8-14-29(23,24)38-28)21-12-6-5-11-20(21)30/h2-14,22-24,34H,15-18H2,1H3/t22-,23-,24?,28+,29-/m0/s1. The molecule has 0 bridgehead atoms. The minimum Gasteiger partial charge on any atom is -0.395 e. The molecule has 1 spiro atoms. The van der Waals surface area contributed by atoms with Crippen molar-refractivity contribution in [1.29, 1.82) is 0 Å². The molecule has 0 aliphatic carbocycles. The first-order chi connectivity index (χ1) is 18.3. The number of para-hydroxylation sites is 2. The fraction of sp³-hybridized carbons (Fsp3) is 0.345. The quantitative estimate of drug-likeness (QED) is 0.590. The Balaban J connectivity index is 1.48. The van der Waals surface area contributed by atoms with Crippen LogP contribution in [-0.4, -0.2) is 69.5 Å². The molecule has 4 aliphatic rings. The minimum atomic E-state index is -0.974. The van der Waals surface area contributed by atoms with Gasteiger partial charge in [0.15, 0.2) is 0 Å². The van der Waals surface area contributed by atoms with Gasteiger partial charge in [-0.25, -0.2) is 0 Å². The van der Waals surface area contributed by atoms with Crippen molar-refractivity contribution >= 4 is 52.5 Å². The van der Waals surface area contributed by atoms with Gasteiger partial charge in [-0.05, 0) is 31.2 Å². The van der Waals surface area contributed by atoms with Crippen molar-refractivity contribution < 1.29 is 19.5 Å². The second kappa shape index (κ2) is 9.29. The van der Waals surface area contributed by atoms with Crippen molar-refractivity contribution in [1.82, 2.24) is 4.90 Å². The first-order valence-corrected chi connectivity index (χ1v) is 13.9. The van der Waals surface area contributed by atoms with E-state index in [2.05, 4.69) is 0 Å². The van der Waals surface area contributed by atoms with Crippen LogP contribution in [0.5, 0.6) is 0 Å². The average molecular weight is 550 g/mol. The number of carbonyl (C=O) groups is 3. The molecule has 4 heterocycles. The maximum absolute atomic E-state index is 14.3. The highest BCUT2D eigenvalue weighted by atomic mass is 35.5. The van der Waals surface area contributed by atoms with Crippen molar-refractivity contribution in [2.45, 2.75) is 22.5 Å². The van der Waals surface area contributed by atoms with Crippen molar-refractivity contribution in [3.8, 4) is 0 Å². The van der Waals surface area contributed by atoms with Crippen LogP contribution in [-0.2, 0) is 14.4 Å². The van der Waals surface area contributed by atoms with Gasteiger partial charge in [0.25, 0.3) is 5.91 Å². The number of benzene rings is 2. The van der Waals surface area contributed by atoms with E-state index in [4.69, 9.17) is 11.6 Å². The summed E-state index contributed by atoms with van der Waals surface area (Å²) in [5.74, 6) is -2.13. The number of carbonyl (C=O) groups excluding carboxylic acids is 3. The molecule has 1 N–H and O–H groups in total. The Morgan fingerprint density at radius 2 is 1.58 bits per heavy atom. The lowest BCUT2D eigenvalue weighted by Gasteiger charge is -2.36. The van der Waals surface area contributed by atoms with Gasteiger partial charge in [-0.2, -0.15) is 0 Å². The summed E-state index contributed by atoms with van der Waals surface area (Å²) in [6.45, 7) is 2.41. The number of amides is 3. The van der Waals surface area contributed by atoms with Crippen molar-refractivity contribution in [2.75, 3.05) is 36.0 Å². The van der Waals surface area contributed by atoms with Gasteiger partial charge >= 0.3 is 0 Å². The molecule has 4 aliphatic heterocycles. The first kappa shape index (κ1) is 25.2. The number of hydrogen-bond acceptors (Lipinski definition) is 5. The van der Waals surface area contributed by atoms with E-state index in [1.165, 1.54) is 16.7 Å². The molecule has 2 saturated heterocycles. The number of fused-ring (bicyclic) bond motifs is 2. The Hall–Kier alpha value is -3.07. The average Bonchev–Trinajstić information content (AvgIpc) is 3.16. The Morgan fingerprint density at radius 3 is 2.32 bits per heavy atom. The highest BCUT2D eigenvalue weighted by Gasteiger charge is 2.74. The van der Waals surface area contributed by atoms with Gasteiger partial charge in [-0.1, -0.05) is 66.2 Å². The van der Waals surface area contributed by atoms with Crippen LogP contribution in [0.1, 0.15) is 6.92 Å². The number of thioether (sulfide) groups is 1. The Kier molecular flexibility index (Phi) is 6.17. The van der Waals surface area contributed by atoms with E-state index in [0.717, 1.165) is 5.69 Å². The van der Waals surface area contributed by atoms with Crippen LogP contribution in [0.4, 0.5) is 11.4 Å². The van der Waals surface area contributed by atoms with E-state index < -0.39 is 27.4 Å². The smallest absolute Gasteiger partial charge is 0.251 e. The van der Waals surface area contributed by atoms with Crippen LogP contribution in [0.2, 0.25) is 5.02 Å². The second-order valence-corrected chi connectivity index (χ2v) is 12.4. The number of β-amino-alcohol motifs (C(OH)–C–C–N with tert-alkyl or cyclic N) is 1. The maximum Gasteiger partial charge on any atom is 0.251 e. The highest BCUT2D eigenvalue weighted by molar-refractivity contribution is 8.02. The zero-order valence-corrected chi connectivity index (χ0v) is 22.4. The van der Waals surface area contributed by atoms with Crippen LogP contribution in [0, 0.1) is 11.8 Å². The number of rotatable bonds is 4. The first-order valence-electron chi connectivity index (χ1n) is 12.7. The number of aliphatic hydroxyl groups excluding tert-OH is 1. The number of likely N-dealkylation sites (tertiary alicyclic amines) is 1. The van der Waals surface area contributed by atoms with Crippen LogP contribution >= 0.6 is 23.4 Å². The summed E-state index contributed by atoms with van der Waals surface area (Å²) in [4.78, 5) is 47.6. The molecule has 196 valence electrons. The second-order valence-electron chi connectivity index (χ2n) is 10.2. The van der Waals surface area contributed by atoms with Crippen molar-refractivity contribution in [2.24, 2.45) is 11.8 Å². The molecule has 1 unspecified atom stereocenters. The molecule has 0 radical (unpaired) electrons. The number of nitrogens with zero attached hydrogens (tertiary/aromatic N) is 3. The molecule has 5 atom stereocenters. The molecular formula is C29H28ClN3O4S. The monoisotopic (exact) mass is 549 g/mol. The number of anilines is 2. The van der Waals surface area contributed by atoms with Gasteiger partial charge in [0.1, 0.15) is 6.04 Å². The predicted molar refractivity (Wildman–Crippen MR) is 149 cm³/mol. The summed E-state index contributed by atoms with van der Waals surface area (Å²) in [7, 11) is 0. The molecule has 7 nitrogen and oxygen atoms in total. The summed E-state index contributed by atoms with van der Waals surface area (Å²) >= 11 is 8.00. The van der Waals surface area contributed by atoms with Gasteiger partial charge in [0.2, 0.25) is 11.8 Å². The van der Waals surface area contributed by atoms with Gasteiger partial charge < -0.3 is 19.8 Å². The summed E-state index contributed by atoms with van der Waals surface area (Å²) in [5, 5.41) is 10.3. The van der Waals surface area contributed by atoms with Gasteiger partial charge in [-0.3, -0.25) is 14.4 Å². The van der Waals surface area contributed by atoms with Gasteiger partial charge in [0.05, 0.1) is 33.9 Å². The van der Waals surface area contributed by atoms with Crippen molar-refractivity contribution in [3.63, 3.8) is 0 Å². The van der Waals surface area contributed by atoms with Crippen LogP contribution in [0.25, 0.3) is 0 Å². The van der Waals surface area contributed by atoms with Crippen LogP contribution < -0.4 is 9.80 Å². The Bertz CT molecular complexity index is 1370. The summed E-state index contributed by atoms with van der Waals surface area (Å²) < 4.78 is -1.67. The van der Waals surface area contributed by atoms with E-state index in [0.29, 0.717) is 17.3 Å². The lowest BCUT2D eigenvalue weighted by atomic mass is 9.74. The third-order valence-corrected chi connectivity index (χ3v) is 10.2. The Labute approximate surface area is 230 Å². The molecule has 2 aromatic carbocycles. The van der Waals surface area contributed by atoms with Gasteiger partial charge in [0, 0.05) is 30.1 Å². The molecule has 2 fully saturated rings. The lowest BCUT2D eigenvalue weighted by Crippen LogP contribution is -2.54. The zero-order valence-electron chi connectivity index (χ0n) is 20.9. The fourth-order valence-corrected chi connectivity index (χ4v) is 8.99. The molecule has 0 aromatic heterocycles. The van der Waals surface area contributed by atoms with E-state index in [9.17, 15) is 19.5 Å². The molecule has 2 aromatic rings. The molecule has 3 amide bonds. The number of halogens is 1. The van der Waals surface area contributed by atoms with E-state index in [1.54, 1.807) is 28.0 Å². The minimum absolute atomic E-state index is 0.00805. The Morgan fingerprint density at radius 1 is 0.895 bits per heavy atom. The molecule has 9 heteroatoms. The van der Waals surface area contributed by atoms with E-state index in [1.807, 2.05) is 67.6 Å². The van der Waals surface area contributed by atoms with Gasteiger partial charge in [-0.15, -0.1) is 11.8 Å². The molecule has 0 saturated carbocycles. The van der Waals surface area contributed by atoms with Crippen molar-refractivity contribution in [3.05, 3.63) is 83.9 Å². The molecule has 6 rings (SSSR count). The summed E-state index contributed by atoms with van der Waals surface area (Å²) in [5.41, 5.74) is 1.33. The topological polar surface area (TPSA) is 81.2 Å². The summed E-state index contributed by atoms with van der Waals surface area (Å²) in [6.07, 6.45) is 7.89. The van der Waals surface area contributed by atoms with Crippen LogP contribution in [0.15, 0.2) is 78.9 Å². The lowest BCUT2D eigenvalue weighted by molar-refractivity contribution is -0.139. The van der Waals surface area contributed by atoms with E-state index >= 15 is 0 Å². The van der Waals surface area contributed by atoms with Crippen LogP contribution in [0.3, 0.4) is 0 Å². The zero-order chi connectivity index (χ0) is 26.7. The fourth-order valence-electron chi connectivity index (χ4n) is 6.60.